The van der Waals surface area contributed by atoms with Crippen molar-refractivity contribution in [2.45, 2.75) is 6.04 Å². The molecule has 1 unspecified atom stereocenters. The van der Waals surface area contributed by atoms with E-state index in [1.165, 1.54) is 4.88 Å². The molecule has 1 aromatic heterocycles. The lowest BCUT2D eigenvalue weighted by molar-refractivity contribution is 0.855. The Morgan fingerprint density at radius 3 is 2.80 bits per heavy atom. The van der Waals surface area contributed by atoms with E-state index in [0.29, 0.717) is 5.75 Å². The monoisotopic (exact) mass is 237 g/mol. The van der Waals surface area contributed by atoms with E-state index in [4.69, 9.17) is 5.73 Å². The van der Waals surface area contributed by atoms with Gasteiger partial charge in [-0.05, 0) is 28.1 Å². The van der Waals surface area contributed by atoms with Gasteiger partial charge in [-0.1, -0.05) is 0 Å². The van der Waals surface area contributed by atoms with Crippen molar-refractivity contribution in [2.24, 2.45) is 5.73 Å². The molecule has 0 bridgehead atoms. The second-order valence-electron chi connectivity index (χ2n) is 1.93. The molecule has 0 aliphatic rings. The maximum atomic E-state index is 5.72. The molecule has 0 saturated heterocycles. The highest BCUT2D eigenvalue weighted by atomic mass is 79.9. The predicted molar refractivity (Wildman–Crippen MR) is 52.8 cm³/mol. The minimum absolute atomic E-state index is 0.0830. The summed E-state index contributed by atoms with van der Waals surface area (Å²) in [4.78, 5) is 1.18. The summed E-state index contributed by atoms with van der Waals surface area (Å²) in [5.74, 6) is 0.701. The fourth-order valence-corrected chi connectivity index (χ4v) is 2.36. The summed E-state index contributed by atoms with van der Waals surface area (Å²) >= 11 is 9.13. The van der Waals surface area contributed by atoms with Crippen LogP contribution in [0.15, 0.2) is 15.9 Å². The van der Waals surface area contributed by atoms with E-state index in [1.807, 2.05) is 12.1 Å². The summed E-state index contributed by atoms with van der Waals surface area (Å²) in [6.07, 6.45) is 0. The number of rotatable bonds is 2. The highest BCUT2D eigenvalue weighted by Gasteiger charge is 2.04. The Balaban J connectivity index is 2.74. The van der Waals surface area contributed by atoms with Crippen molar-refractivity contribution in [3.8, 4) is 0 Å². The molecule has 56 valence electrons. The summed E-state index contributed by atoms with van der Waals surface area (Å²) in [5, 5.41) is 0. The SMILES string of the molecule is NC(CS)c1ccc(Br)s1. The Kier molecular flexibility index (Phi) is 3.23. The Hall–Kier alpha value is 0.490. The number of thiol groups is 1. The maximum absolute atomic E-state index is 5.72. The van der Waals surface area contributed by atoms with Crippen LogP contribution in [0.1, 0.15) is 10.9 Å². The summed E-state index contributed by atoms with van der Waals surface area (Å²) in [7, 11) is 0. The Bertz CT molecular complexity index is 211. The zero-order valence-electron chi connectivity index (χ0n) is 5.25. The molecule has 4 heteroatoms. The molecule has 1 aromatic rings. The number of thiophene rings is 1. The van der Waals surface area contributed by atoms with Crippen LogP contribution in [0, 0.1) is 0 Å². The third-order valence-corrected chi connectivity index (χ3v) is 3.31. The van der Waals surface area contributed by atoms with Crippen LogP contribution in [0.2, 0.25) is 0 Å². The van der Waals surface area contributed by atoms with Gasteiger partial charge in [0.25, 0.3) is 0 Å². The van der Waals surface area contributed by atoms with Crippen LogP contribution in [0.4, 0.5) is 0 Å². The molecule has 0 radical (unpaired) electrons. The van der Waals surface area contributed by atoms with Gasteiger partial charge in [0.05, 0.1) is 3.79 Å². The van der Waals surface area contributed by atoms with Gasteiger partial charge in [0.15, 0.2) is 0 Å². The first-order chi connectivity index (χ1) is 4.74. The highest BCUT2D eigenvalue weighted by Crippen LogP contribution is 2.26. The lowest BCUT2D eigenvalue weighted by Crippen LogP contribution is -2.09. The molecule has 1 heterocycles. The minimum Gasteiger partial charge on any atom is -0.323 e. The van der Waals surface area contributed by atoms with E-state index in [-0.39, 0.29) is 6.04 Å². The van der Waals surface area contributed by atoms with Gasteiger partial charge in [-0.15, -0.1) is 11.3 Å². The fourth-order valence-electron chi connectivity index (χ4n) is 0.618. The molecule has 2 N–H and O–H groups in total. The topological polar surface area (TPSA) is 26.0 Å². The lowest BCUT2D eigenvalue weighted by atomic mass is 10.3. The molecule has 1 atom stereocenters. The molecule has 0 fully saturated rings. The average molecular weight is 238 g/mol. The Morgan fingerprint density at radius 2 is 2.40 bits per heavy atom. The van der Waals surface area contributed by atoms with Crippen LogP contribution in [0.5, 0.6) is 0 Å². The average Bonchev–Trinajstić information content (AvgIpc) is 2.34. The van der Waals surface area contributed by atoms with Crippen LogP contribution in [-0.2, 0) is 0 Å². The van der Waals surface area contributed by atoms with E-state index < -0.39 is 0 Å². The van der Waals surface area contributed by atoms with Crippen LogP contribution in [0.3, 0.4) is 0 Å². The number of halogens is 1. The van der Waals surface area contributed by atoms with Gasteiger partial charge in [0.1, 0.15) is 0 Å². The molecule has 0 aromatic carbocycles. The van der Waals surface area contributed by atoms with Crippen LogP contribution >= 0.6 is 39.9 Å². The Morgan fingerprint density at radius 1 is 1.70 bits per heavy atom. The third kappa shape index (κ3) is 1.99. The number of nitrogens with two attached hydrogens (primary N) is 1. The molecule has 0 aliphatic heterocycles. The molecule has 1 nitrogen and oxygen atoms in total. The van der Waals surface area contributed by atoms with Crippen molar-refractivity contribution >= 4 is 39.9 Å². The van der Waals surface area contributed by atoms with Crippen LogP contribution in [-0.4, -0.2) is 5.75 Å². The van der Waals surface area contributed by atoms with Crippen LogP contribution in [0.25, 0.3) is 0 Å². The molecule has 10 heavy (non-hydrogen) atoms. The zero-order chi connectivity index (χ0) is 7.56. The second kappa shape index (κ2) is 3.76. The van der Waals surface area contributed by atoms with E-state index >= 15 is 0 Å². The second-order valence-corrected chi connectivity index (χ2v) is 4.79. The molecule has 1 rings (SSSR count). The van der Waals surface area contributed by atoms with E-state index in [0.717, 1.165) is 3.79 Å². The van der Waals surface area contributed by atoms with Gasteiger partial charge in [-0.25, -0.2) is 0 Å². The smallest absolute Gasteiger partial charge is 0.0701 e. The molecular weight excluding hydrogens is 230 g/mol. The molecular formula is C6H8BrNS2. The summed E-state index contributed by atoms with van der Waals surface area (Å²) < 4.78 is 1.12. The van der Waals surface area contributed by atoms with Gasteiger partial charge in [-0.3, -0.25) is 0 Å². The first-order valence-electron chi connectivity index (χ1n) is 2.85. The maximum Gasteiger partial charge on any atom is 0.0701 e. The predicted octanol–water partition coefficient (Wildman–Crippen LogP) is 2.44. The molecule has 0 aliphatic carbocycles. The van der Waals surface area contributed by atoms with Gasteiger partial charge in [0, 0.05) is 16.7 Å². The first kappa shape index (κ1) is 8.59. The largest absolute Gasteiger partial charge is 0.323 e. The van der Waals surface area contributed by atoms with Crippen molar-refractivity contribution in [1.82, 2.24) is 0 Å². The minimum atomic E-state index is 0.0830. The normalized spacial score (nSPS) is 13.5. The molecule has 0 saturated carbocycles. The molecule has 0 spiro atoms. The van der Waals surface area contributed by atoms with Crippen LogP contribution < -0.4 is 5.73 Å². The van der Waals surface area contributed by atoms with Gasteiger partial charge < -0.3 is 5.73 Å². The van der Waals surface area contributed by atoms with Gasteiger partial charge in [0.2, 0.25) is 0 Å². The van der Waals surface area contributed by atoms with Gasteiger partial charge in [-0.2, -0.15) is 12.6 Å². The van der Waals surface area contributed by atoms with E-state index in [1.54, 1.807) is 11.3 Å². The van der Waals surface area contributed by atoms with Crippen molar-refractivity contribution in [3.63, 3.8) is 0 Å². The highest BCUT2D eigenvalue weighted by molar-refractivity contribution is 9.11. The summed E-state index contributed by atoms with van der Waals surface area (Å²) in [5.41, 5.74) is 5.72. The number of hydrogen-bond acceptors (Lipinski definition) is 3. The van der Waals surface area contributed by atoms with Crippen molar-refractivity contribution < 1.29 is 0 Å². The van der Waals surface area contributed by atoms with E-state index in [9.17, 15) is 0 Å². The fraction of sp³-hybridized carbons (Fsp3) is 0.333. The number of hydrogen-bond donors (Lipinski definition) is 2. The lowest BCUT2D eigenvalue weighted by Gasteiger charge is -2.02. The van der Waals surface area contributed by atoms with Gasteiger partial charge >= 0.3 is 0 Å². The van der Waals surface area contributed by atoms with E-state index in [2.05, 4.69) is 28.6 Å². The Labute approximate surface area is 78.2 Å². The van der Waals surface area contributed by atoms with Crippen molar-refractivity contribution in [1.29, 1.82) is 0 Å². The summed E-state index contributed by atoms with van der Waals surface area (Å²) in [6.45, 7) is 0. The van der Waals surface area contributed by atoms with Crippen molar-refractivity contribution in [3.05, 3.63) is 20.8 Å². The van der Waals surface area contributed by atoms with Crippen molar-refractivity contribution in [2.75, 3.05) is 5.75 Å². The zero-order valence-corrected chi connectivity index (χ0v) is 8.55. The molecule has 0 amide bonds. The summed E-state index contributed by atoms with van der Waals surface area (Å²) in [6, 6.07) is 4.11. The third-order valence-electron chi connectivity index (χ3n) is 1.16. The first-order valence-corrected chi connectivity index (χ1v) is 5.10. The quantitative estimate of drug-likeness (QED) is 0.760. The standard InChI is InChI=1S/C6H8BrNS2/c7-6-2-1-5(10-6)4(8)3-9/h1-2,4,9H,3,8H2.